The van der Waals surface area contributed by atoms with Gasteiger partial charge in [0, 0.05) is 17.4 Å². The number of carbonyl (C=O) groups excluding carboxylic acids is 1. The lowest BCUT2D eigenvalue weighted by atomic mass is 10.2. The molecule has 2 N–H and O–H groups in total. The van der Waals surface area contributed by atoms with Crippen LogP contribution in [0, 0.1) is 18.3 Å². The van der Waals surface area contributed by atoms with Crippen LogP contribution in [-0.4, -0.2) is 11.0 Å². The molecule has 31 heavy (non-hydrogen) atoms. The minimum Gasteiger partial charge on any atom is -0.455 e. The zero-order valence-corrected chi connectivity index (χ0v) is 16.7. The Kier molecular flexibility index (Phi) is 6.32. The van der Waals surface area contributed by atoms with E-state index in [1.165, 1.54) is 18.3 Å². The lowest BCUT2D eigenvalue weighted by Gasteiger charge is -2.13. The molecule has 0 spiro atoms. The molecule has 0 radical (unpaired) electrons. The molecule has 0 aliphatic carbocycles. The number of aryl methyl sites for hydroxylation is 1. The van der Waals surface area contributed by atoms with Crippen molar-refractivity contribution < 1.29 is 22.7 Å². The van der Waals surface area contributed by atoms with Crippen LogP contribution in [0.4, 0.5) is 29.3 Å². The molecule has 1 aromatic heterocycles. The molecule has 0 saturated carbocycles. The number of hydrogen-bond acceptors (Lipinski definition) is 4. The predicted octanol–water partition coefficient (Wildman–Crippen LogP) is 6.37. The number of urea groups is 1. The molecule has 0 bridgehead atoms. The summed E-state index contributed by atoms with van der Waals surface area (Å²) in [5.74, 6) is 0.819. The third kappa shape index (κ3) is 5.65. The normalized spacial score (nSPS) is 10.8. The first-order valence-electron chi connectivity index (χ1n) is 8.75. The van der Waals surface area contributed by atoms with E-state index in [9.17, 15) is 18.0 Å². The number of alkyl halides is 3. The number of rotatable bonds is 4. The highest BCUT2D eigenvalue weighted by atomic mass is 35.5. The maximum atomic E-state index is 13.0. The number of aromatic nitrogens is 1. The van der Waals surface area contributed by atoms with Crippen LogP contribution in [0.25, 0.3) is 0 Å². The molecule has 0 aliphatic rings. The molecule has 0 unspecified atom stereocenters. The summed E-state index contributed by atoms with van der Waals surface area (Å²) in [6.45, 7) is 1.79. The van der Waals surface area contributed by atoms with Crippen molar-refractivity contribution in [3.8, 4) is 17.6 Å². The lowest BCUT2D eigenvalue weighted by molar-refractivity contribution is -0.137. The Bertz CT molecular complexity index is 1160. The quantitative estimate of drug-likeness (QED) is 0.487. The van der Waals surface area contributed by atoms with Crippen molar-refractivity contribution in [2.45, 2.75) is 13.1 Å². The number of halogens is 4. The largest absolute Gasteiger partial charge is 0.455 e. The molecule has 158 valence electrons. The lowest BCUT2D eigenvalue weighted by Crippen LogP contribution is -2.20. The molecule has 1 heterocycles. The van der Waals surface area contributed by atoms with Crippen LogP contribution in [0.5, 0.6) is 11.5 Å². The summed E-state index contributed by atoms with van der Waals surface area (Å²) in [6.07, 6.45) is -3.25. The Balaban J connectivity index is 1.72. The number of nitrogens with one attached hydrogen (secondary N) is 2. The van der Waals surface area contributed by atoms with Gasteiger partial charge in [-0.2, -0.15) is 18.4 Å². The van der Waals surface area contributed by atoms with E-state index < -0.39 is 22.8 Å². The van der Waals surface area contributed by atoms with Crippen molar-refractivity contribution in [1.29, 1.82) is 5.26 Å². The van der Waals surface area contributed by atoms with Crippen molar-refractivity contribution in [3.05, 3.63) is 76.6 Å². The van der Waals surface area contributed by atoms with Crippen LogP contribution in [0.15, 0.2) is 54.7 Å². The molecular formula is C21H14ClF3N4O2. The first kappa shape index (κ1) is 21.9. The molecule has 3 aromatic rings. The zero-order chi connectivity index (χ0) is 22.6. The van der Waals surface area contributed by atoms with Gasteiger partial charge in [-0.1, -0.05) is 17.7 Å². The van der Waals surface area contributed by atoms with Crippen LogP contribution < -0.4 is 15.4 Å². The number of anilines is 2. The molecule has 3 rings (SSSR count). The summed E-state index contributed by atoms with van der Waals surface area (Å²) in [5, 5.41) is 13.2. The molecule has 0 atom stereocenters. The Morgan fingerprint density at radius 3 is 2.39 bits per heavy atom. The Hall–Kier alpha value is -3.77. The minimum absolute atomic E-state index is 0.0681. The fourth-order valence-electron chi connectivity index (χ4n) is 2.54. The van der Waals surface area contributed by atoms with Gasteiger partial charge < -0.3 is 15.4 Å². The number of hydrogen-bond donors (Lipinski definition) is 2. The number of pyridine rings is 1. The second-order valence-electron chi connectivity index (χ2n) is 6.34. The summed E-state index contributed by atoms with van der Waals surface area (Å²) < 4.78 is 44.6. The van der Waals surface area contributed by atoms with Crippen LogP contribution in [0.2, 0.25) is 5.02 Å². The second-order valence-corrected chi connectivity index (χ2v) is 6.75. The number of ether oxygens (including phenoxy) is 1. The summed E-state index contributed by atoms with van der Waals surface area (Å²) in [4.78, 5) is 16.2. The van der Waals surface area contributed by atoms with E-state index in [0.29, 0.717) is 17.2 Å². The third-order valence-corrected chi connectivity index (χ3v) is 4.38. The molecule has 0 saturated heterocycles. The van der Waals surface area contributed by atoms with Gasteiger partial charge in [0.2, 0.25) is 0 Å². The highest BCUT2D eigenvalue weighted by molar-refractivity contribution is 6.31. The Labute approximate surface area is 180 Å². The number of nitrogens with zero attached hydrogens (tertiary/aromatic N) is 2. The SMILES string of the molecule is Cc1ccc(NC(=O)Nc2ccc(Cl)c(C(F)(F)F)c2)cc1Oc1ccc(C#N)nc1. The van der Waals surface area contributed by atoms with Crippen LogP contribution in [0.1, 0.15) is 16.8 Å². The average Bonchev–Trinajstić information content (AvgIpc) is 2.71. The first-order chi connectivity index (χ1) is 14.7. The van der Waals surface area contributed by atoms with Crippen molar-refractivity contribution in [1.82, 2.24) is 4.98 Å². The van der Waals surface area contributed by atoms with Gasteiger partial charge in [0.15, 0.2) is 0 Å². The molecular weight excluding hydrogens is 433 g/mol. The number of nitriles is 1. The van der Waals surface area contributed by atoms with E-state index in [0.717, 1.165) is 17.7 Å². The number of carbonyl (C=O) groups is 1. The van der Waals surface area contributed by atoms with Crippen molar-refractivity contribution in [2.75, 3.05) is 10.6 Å². The standard InChI is InChI=1S/C21H14ClF3N4O2/c1-12-2-3-14(9-19(12)31-16-6-4-15(10-26)27-11-16)29-20(30)28-13-5-7-18(22)17(8-13)21(23,24)25/h2-9,11H,1H3,(H2,28,29,30). The monoisotopic (exact) mass is 446 g/mol. The summed E-state index contributed by atoms with van der Waals surface area (Å²) in [5.41, 5.74) is 0.245. The fourth-order valence-corrected chi connectivity index (χ4v) is 2.76. The highest BCUT2D eigenvalue weighted by Gasteiger charge is 2.33. The van der Waals surface area contributed by atoms with E-state index in [1.807, 2.05) is 6.07 Å². The molecule has 10 heteroatoms. The maximum Gasteiger partial charge on any atom is 0.417 e. The van der Waals surface area contributed by atoms with Gasteiger partial charge >= 0.3 is 12.2 Å². The predicted molar refractivity (Wildman–Crippen MR) is 109 cm³/mol. The van der Waals surface area contributed by atoms with Gasteiger partial charge in [-0.15, -0.1) is 0 Å². The van der Waals surface area contributed by atoms with Gasteiger partial charge in [-0.05, 0) is 48.9 Å². The molecule has 6 nitrogen and oxygen atoms in total. The smallest absolute Gasteiger partial charge is 0.417 e. The number of amides is 2. The third-order valence-electron chi connectivity index (χ3n) is 4.05. The molecule has 0 fully saturated rings. The van der Waals surface area contributed by atoms with Crippen molar-refractivity contribution in [3.63, 3.8) is 0 Å². The van der Waals surface area contributed by atoms with Crippen molar-refractivity contribution in [2.24, 2.45) is 0 Å². The second kappa shape index (κ2) is 8.93. The maximum absolute atomic E-state index is 13.0. The average molecular weight is 447 g/mol. The van der Waals surface area contributed by atoms with Gasteiger partial charge in [0.1, 0.15) is 23.3 Å². The Morgan fingerprint density at radius 2 is 1.77 bits per heavy atom. The highest BCUT2D eigenvalue weighted by Crippen LogP contribution is 2.36. The van der Waals surface area contributed by atoms with E-state index >= 15 is 0 Å². The van der Waals surface area contributed by atoms with Crippen molar-refractivity contribution >= 4 is 29.0 Å². The van der Waals surface area contributed by atoms with Gasteiger partial charge in [-0.3, -0.25) is 0 Å². The van der Waals surface area contributed by atoms with E-state index in [4.69, 9.17) is 21.6 Å². The Morgan fingerprint density at radius 1 is 1.10 bits per heavy atom. The summed E-state index contributed by atoms with van der Waals surface area (Å²) in [7, 11) is 0. The molecule has 2 amide bonds. The minimum atomic E-state index is -4.64. The fraction of sp³-hybridized carbons (Fsp3) is 0.0952. The van der Waals surface area contributed by atoms with E-state index in [2.05, 4.69) is 15.6 Å². The topological polar surface area (TPSA) is 87.0 Å². The molecule has 2 aromatic carbocycles. The van der Waals surface area contributed by atoms with E-state index in [-0.39, 0.29) is 11.4 Å². The summed E-state index contributed by atoms with van der Waals surface area (Å²) in [6, 6.07) is 12.2. The molecule has 0 aliphatic heterocycles. The van der Waals surface area contributed by atoms with Gasteiger partial charge in [-0.25, -0.2) is 9.78 Å². The first-order valence-corrected chi connectivity index (χ1v) is 9.13. The van der Waals surface area contributed by atoms with Crippen LogP contribution >= 0.6 is 11.6 Å². The van der Waals surface area contributed by atoms with Crippen LogP contribution in [-0.2, 0) is 6.18 Å². The van der Waals surface area contributed by atoms with Gasteiger partial charge in [0.05, 0.1) is 16.8 Å². The summed E-state index contributed by atoms with van der Waals surface area (Å²) >= 11 is 5.58. The zero-order valence-electron chi connectivity index (χ0n) is 15.9. The van der Waals surface area contributed by atoms with E-state index in [1.54, 1.807) is 31.2 Å². The number of benzene rings is 2. The van der Waals surface area contributed by atoms with Crippen LogP contribution in [0.3, 0.4) is 0 Å². The van der Waals surface area contributed by atoms with Gasteiger partial charge in [0.25, 0.3) is 0 Å².